The molecular weight excluding hydrogens is 160 g/mol. The van der Waals surface area contributed by atoms with Gasteiger partial charge in [0.15, 0.2) is 0 Å². The van der Waals surface area contributed by atoms with Crippen molar-refractivity contribution in [3.63, 3.8) is 0 Å². The van der Waals surface area contributed by atoms with Gasteiger partial charge < -0.3 is 0 Å². The molecule has 1 nitrogen and oxygen atoms in total. The first-order valence-corrected chi connectivity index (χ1v) is 5.21. The highest BCUT2D eigenvalue weighted by molar-refractivity contribution is 5.79. The molecule has 0 fully saturated rings. The highest BCUT2D eigenvalue weighted by Crippen LogP contribution is 2.06. The summed E-state index contributed by atoms with van der Waals surface area (Å²) in [5.41, 5.74) is 0. The van der Waals surface area contributed by atoms with E-state index in [0.717, 1.165) is 38.5 Å². The minimum Gasteiger partial charge on any atom is -0.299 e. The van der Waals surface area contributed by atoms with Crippen LogP contribution in [0.15, 0.2) is 24.3 Å². The minimum absolute atomic E-state index is 0.390. The van der Waals surface area contributed by atoms with Crippen molar-refractivity contribution in [3.05, 3.63) is 24.3 Å². The number of hydrogen-bond donors (Lipinski definition) is 0. The molecule has 0 aromatic heterocycles. The summed E-state index contributed by atoms with van der Waals surface area (Å²) in [6.07, 6.45) is 15.5. The average Bonchev–Trinajstić information content (AvgIpc) is 2.11. The predicted molar refractivity (Wildman–Crippen MR) is 55.6 cm³/mol. The van der Waals surface area contributed by atoms with Gasteiger partial charge in [-0.05, 0) is 32.1 Å². The molecule has 0 heterocycles. The second kappa shape index (κ2) is 6.64. The lowest BCUT2D eigenvalue weighted by atomic mass is 10.1. The van der Waals surface area contributed by atoms with Crippen molar-refractivity contribution >= 4 is 5.78 Å². The van der Waals surface area contributed by atoms with Gasteiger partial charge in [-0.25, -0.2) is 0 Å². The molecule has 0 bridgehead atoms. The first-order valence-electron chi connectivity index (χ1n) is 5.21. The Morgan fingerprint density at radius 2 is 1.54 bits per heavy atom. The van der Waals surface area contributed by atoms with Gasteiger partial charge >= 0.3 is 0 Å². The van der Waals surface area contributed by atoms with Gasteiger partial charge in [0.25, 0.3) is 0 Å². The second-order valence-electron chi connectivity index (χ2n) is 3.51. The number of ketones is 1. The van der Waals surface area contributed by atoms with Crippen LogP contribution in [0.3, 0.4) is 0 Å². The summed E-state index contributed by atoms with van der Waals surface area (Å²) < 4.78 is 0. The third-order valence-electron chi connectivity index (χ3n) is 2.26. The molecule has 1 aliphatic carbocycles. The standard InChI is InChI=1S/C12H18O/c13-12-10-8-6-4-2-1-3-5-7-9-11-12/h1-2,7,9H,3-6,8,10-11H2/b2-1+,9-7+. The van der Waals surface area contributed by atoms with Crippen molar-refractivity contribution in [2.24, 2.45) is 0 Å². The molecule has 0 aromatic rings. The Morgan fingerprint density at radius 1 is 0.846 bits per heavy atom. The maximum atomic E-state index is 11.2. The Balaban J connectivity index is 2.33. The summed E-state index contributed by atoms with van der Waals surface area (Å²) in [7, 11) is 0. The van der Waals surface area contributed by atoms with Gasteiger partial charge in [0.05, 0.1) is 0 Å². The van der Waals surface area contributed by atoms with E-state index in [9.17, 15) is 4.79 Å². The molecule has 0 saturated heterocycles. The zero-order chi connectivity index (χ0) is 9.36. The Morgan fingerprint density at radius 3 is 2.38 bits per heavy atom. The number of carbonyl (C=O) groups excluding carboxylic acids is 1. The molecule has 0 saturated carbocycles. The van der Waals surface area contributed by atoms with Crippen LogP contribution in [0.4, 0.5) is 0 Å². The Bertz CT molecular complexity index is 201. The normalized spacial score (nSPS) is 25.7. The first-order chi connectivity index (χ1) is 6.39. The number of hydrogen-bond acceptors (Lipinski definition) is 1. The van der Waals surface area contributed by atoms with E-state index in [1.165, 1.54) is 0 Å². The lowest BCUT2D eigenvalue weighted by Gasteiger charge is -1.98. The summed E-state index contributed by atoms with van der Waals surface area (Å²) in [6.45, 7) is 0. The van der Waals surface area contributed by atoms with E-state index < -0.39 is 0 Å². The molecular formula is C12H18O. The smallest absolute Gasteiger partial charge is 0.136 e. The molecule has 1 heteroatoms. The topological polar surface area (TPSA) is 17.1 Å². The Kier molecular flexibility index (Phi) is 5.23. The quantitative estimate of drug-likeness (QED) is 0.519. The molecule has 0 aliphatic heterocycles. The summed E-state index contributed by atoms with van der Waals surface area (Å²) in [5.74, 6) is 0.390. The van der Waals surface area contributed by atoms with Gasteiger partial charge in [-0.1, -0.05) is 24.3 Å². The molecule has 0 spiro atoms. The summed E-state index contributed by atoms with van der Waals surface area (Å²) >= 11 is 0. The van der Waals surface area contributed by atoms with Gasteiger partial charge in [-0.15, -0.1) is 0 Å². The first kappa shape index (κ1) is 10.2. The summed E-state index contributed by atoms with van der Waals surface area (Å²) in [5, 5.41) is 0. The van der Waals surface area contributed by atoms with Crippen LogP contribution in [-0.2, 0) is 4.79 Å². The van der Waals surface area contributed by atoms with E-state index in [4.69, 9.17) is 0 Å². The fourth-order valence-corrected chi connectivity index (χ4v) is 1.45. The van der Waals surface area contributed by atoms with E-state index >= 15 is 0 Å². The van der Waals surface area contributed by atoms with E-state index in [2.05, 4.69) is 18.2 Å². The number of Topliss-reactive ketones (excluding diaryl/α,β-unsaturated/α-hetero) is 1. The van der Waals surface area contributed by atoms with E-state index in [0.29, 0.717) is 12.2 Å². The van der Waals surface area contributed by atoms with Crippen molar-refractivity contribution in [3.8, 4) is 0 Å². The van der Waals surface area contributed by atoms with Crippen LogP contribution in [0.2, 0.25) is 0 Å². The zero-order valence-electron chi connectivity index (χ0n) is 8.17. The van der Waals surface area contributed by atoms with Gasteiger partial charge in [-0.2, -0.15) is 0 Å². The molecule has 13 heavy (non-hydrogen) atoms. The van der Waals surface area contributed by atoms with Crippen LogP contribution in [0.5, 0.6) is 0 Å². The highest BCUT2D eigenvalue weighted by Gasteiger charge is 1.98. The lowest BCUT2D eigenvalue weighted by molar-refractivity contribution is -0.118. The lowest BCUT2D eigenvalue weighted by Crippen LogP contribution is -1.95. The van der Waals surface area contributed by atoms with E-state index in [1.54, 1.807) is 0 Å². The molecule has 1 aliphatic rings. The van der Waals surface area contributed by atoms with Crippen LogP contribution >= 0.6 is 0 Å². The molecule has 72 valence electrons. The molecule has 0 unspecified atom stereocenters. The van der Waals surface area contributed by atoms with Crippen LogP contribution in [0, 0.1) is 0 Å². The predicted octanol–water partition coefficient (Wildman–Crippen LogP) is 3.41. The zero-order valence-corrected chi connectivity index (χ0v) is 8.17. The third kappa shape index (κ3) is 5.40. The largest absolute Gasteiger partial charge is 0.299 e. The highest BCUT2D eigenvalue weighted by atomic mass is 16.1. The fraction of sp³-hybridized carbons (Fsp3) is 0.583. The van der Waals surface area contributed by atoms with Crippen molar-refractivity contribution < 1.29 is 4.79 Å². The SMILES string of the molecule is O=C1C/C=C/CC/C=C/CCCC1. The molecule has 0 radical (unpaired) electrons. The van der Waals surface area contributed by atoms with Crippen molar-refractivity contribution in [2.45, 2.75) is 44.9 Å². The van der Waals surface area contributed by atoms with Gasteiger partial charge in [0.2, 0.25) is 0 Å². The Labute approximate surface area is 80.5 Å². The Hall–Kier alpha value is -0.850. The van der Waals surface area contributed by atoms with E-state index in [-0.39, 0.29) is 0 Å². The molecule has 0 amide bonds. The number of allylic oxidation sites excluding steroid dienone is 4. The van der Waals surface area contributed by atoms with E-state index in [1.807, 2.05) is 6.08 Å². The van der Waals surface area contributed by atoms with Gasteiger partial charge in [0.1, 0.15) is 5.78 Å². The molecule has 1 rings (SSSR count). The summed E-state index contributed by atoms with van der Waals surface area (Å²) in [4.78, 5) is 11.2. The molecule has 0 N–H and O–H groups in total. The van der Waals surface area contributed by atoms with Crippen LogP contribution < -0.4 is 0 Å². The van der Waals surface area contributed by atoms with Crippen molar-refractivity contribution in [1.29, 1.82) is 0 Å². The third-order valence-corrected chi connectivity index (χ3v) is 2.26. The monoisotopic (exact) mass is 178 g/mol. The van der Waals surface area contributed by atoms with Crippen molar-refractivity contribution in [1.82, 2.24) is 0 Å². The second-order valence-corrected chi connectivity index (χ2v) is 3.51. The maximum Gasteiger partial charge on any atom is 0.136 e. The van der Waals surface area contributed by atoms with Crippen LogP contribution in [0.25, 0.3) is 0 Å². The maximum absolute atomic E-state index is 11.2. The van der Waals surface area contributed by atoms with Gasteiger partial charge in [0, 0.05) is 12.8 Å². The van der Waals surface area contributed by atoms with Crippen LogP contribution in [0.1, 0.15) is 44.9 Å². The number of carbonyl (C=O) groups is 1. The average molecular weight is 178 g/mol. The van der Waals surface area contributed by atoms with Gasteiger partial charge in [-0.3, -0.25) is 4.79 Å². The molecule has 0 atom stereocenters. The molecule has 0 aromatic carbocycles. The summed E-state index contributed by atoms with van der Waals surface area (Å²) in [6, 6.07) is 0. The van der Waals surface area contributed by atoms with Crippen molar-refractivity contribution in [2.75, 3.05) is 0 Å². The number of rotatable bonds is 0. The minimum atomic E-state index is 0.390. The fourth-order valence-electron chi connectivity index (χ4n) is 1.45. The van der Waals surface area contributed by atoms with Crippen LogP contribution in [-0.4, -0.2) is 5.78 Å².